The van der Waals surface area contributed by atoms with Gasteiger partial charge < -0.3 is 5.11 Å². The number of fused-ring (bicyclic) bond motifs is 2. The lowest BCUT2D eigenvalue weighted by Crippen LogP contribution is -2.12. The Kier molecular flexibility index (Phi) is 3.08. The summed E-state index contributed by atoms with van der Waals surface area (Å²) in [5, 5.41) is 24.6. The summed E-state index contributed by atoms with van der Waals surface area (Å²) in [6.07, 6.45) is -1.11. The van der Waals surface area contributed by atoms with E-state index in [9.17, 15) is 15.2 Å². The van der Waals surface area contributed by atoms with Crippen molar-refractivity contribution >= 4 is 21.5 Å². The molecule has 0 spiro atoms. The van der Waals surface area contributed by atoms with E-state index in [0.717, 1.165) is 21.5 Å². The van der Waals surface area contributed by atoms with Crippen LogP contribution in [0.5, 0.6) is 0 Å². The van der Waals surface area contributed by atoms with E-state index < -0.39 is 17.6 Å². The van der Waals surface area contributed by atoms with Crippen molar-refractivity contribution < 1.29 is 10.0 Å². The molecular formula is C16H13NO3. The molecule has 0 amide bonds. The van der Waals surface area contributed by atoms with Crippen LogP contribution in [-0.2, 0) is 0 Å². The SMILES string of the molecule is O=[N+]([O-])C[C@H](O)c1c2ccccc2cc2ccccc12. The first-order chi connectivity index (χ1) is 9.66. The Balaban J connectivity index is 2.35. The maximum absolute atomic E-state index is 10.7. The first-order valence-corrected chi connectivity index (χ1v) is 6.37. The molecule has 0 aliphatic rings. The van der Waals surface area contributed by atoms with Crippen LogP contribution in [0.4, 0.5) is 0 Å². The molecule has 0 saturated heterocycles. The molecule has 0 unspecified atom stereocenters. The molecule has 20 heavy (non-hydrogen) atoms. The van der Waals surface area contributed by atoms with Gasteiger partial charge in [0.25, 0.3) is 0 Å². The summed E-state index contributed by atoms with van der Waals surface area (Å²) in [7, 11) is 0. The molecule has 1 atom stereocenters. The predicted octanol–water partition coefficient (Wildman–Crippen LogP) is 3.30. The van der Waals surface area contributed by atoms with E-state index in [1.807, 2.05) is 54.6 Å². The molecule has 0 aliphatic carbocycles. The van der Waals surface area contributed by atoms with Crippen LogP contribution in [-0.4, -0.2) is 16.6 Å². The standard InChI is InChI=1S/C16H13NO3/c18-15(10-17(19)20)16-13-7-3-1-5-11(13)9-12-6-2-4-8-14(12)16/h1-9,15,18H,10H2/t15-/m0/s1. The number of nitro groups is 1. The van der Waals surface area contributed by atoms with Gasteiger partial charge in [0, 0.05) is 10.5 Å². The Morgan fingerprint density at radius 1 is 1.00 bits per heavy atom. The molecule has 0 bridgehead atoms. The lowest BCUT2D eigenvalue weighted by Gasteiger charge is -2.14. The van der Waals surface area contributed by atoms with Gasteiger partial charge in [-0.25, -0.2) is 0 Å². The van der Waals surface area contributed by atoms with E-state index in [1.165, 1.54) is 0 Å². The molecule has 0 radical (unpaired) electrons. The summed E-state index contributed by atoms with van der Waals surface area (Å²) >= 11 is 0. The molecule has 3 rings (SSSR count). The van der Waals surface area contributed by atoms with Crippen molar-refractivity contribution in [3.8, 4) is 0 Å². The van der Waals surface area contributed by atoms with Gasteiger partial charge in [-0.2, -0.15) is 0 Å². The van der Waals surface area contributed by atoms with Crippen LogP contribution in [0.1, 0.15) is 11.7 Å². The summed E-state index contributed by atoms with van der Waals surface area (Å²) < 4.78 is 0. The van der Waals surface area contributed by atoms with Crippen molar-refractivity contribution in [2.45, 2.75) is 6.10 Å². The van der Waals surface area contributed by atoms with Crippen molar-refractivity contribution in [1.29, 1.82) is 0 Å². The summed E-state index contributed by atoms with van der Waals surface area (Å²) in [6.45, 7) is -0.488. The second kappa shape index (κ2) is 4.90. The maximum Gasteiger partial charge on any atom is 0.233 e. The van der Waals surface area contributed by atoms with Gasteiger partial charge in [-0.3, -0.25) is 10.1 Å². The Bertz CT molecular complexity index is 744. The van der Waals surface area contributed by atoms with E-state index in [0.29, 0.717) is 5.56 Å². The average Bonchev–Trinajstić information content (AvgIpc) is 2.43. The van der Waals surface area contributed by atoms with Gasteiger partial charge in [0.05, 0.1) is 0 Å². The number of rotatable bonds is 3. The molecule has 3 aromatic rings. The molecule has 1 N–H and O–H groups in total. The van der Waals surface area contributed by atoms with E-state index in [-0.39, 0.29) is 0 Å². The number of benzene rings is 3. The monoisotopic (exact) mass is 267 g/mol. The molecule has 0 heterocycles. The molecule has 0 fully saturated rings. The summed E-state index contributed by atoms with van der Waals surface area (Å²) in [5.41, 5.74) is 0.635. The van der Waals surface area contributed by atoms with Gasteiger partial charge in [-0.1, -0.05) is 48.5 Å². The average molecular weight is 267 g/mol. The normalized spacial score (nSPS) is 12.7. The predicted molar refractivity (Wildman–Crippen MR) is 78.3 cm³/mol. The van der Waals surface area contributed by atoms with Crippen molar-refractivity contribution in [1.82, 2.24) is 0 Å². The highest BCUT2D eigenvalue weighted by molar-refractivity contribution is 6.02. The van der Waals surface area contributed by atoms with Crippen molar-refractivity contribution in [3.63, 3.8) is 0 Å². The fourth-order valence-electron chi connectivity index (χ4n) is 2.64. The summed E-state index contributed by atoms with van der Waals surface area (Å²) in [5.74, 6) is 0. The van der Waals surface area contributed by atoms with Crippen LogP contribution in [0.3, 0.4) is 0 Å². The fraction of sp³-hybridized carbons (Fsp3) is 0.125. The molecule has 0 saturated carbocycles. The van der Waals surface area contributed by atoms with Crippen molar-refractivity contribution in [2.24, 2.45) is 0 Å². The van der Waals surface area contributed by atoms with Crippen LogP contribution in [0, 0.1) is 10.1 Å². The minimum absolute atomic E-state index is 0.485. The molecule has 4 heteroatoms. The highest BCUT2D eigenvalue weighted by atomic mass is 16.6. The zero-order chi connectivity index (χ0) is 14.1. The van der Waals surface area contributed by atoms with Crippen LogP contribution in [0.25, 0.3) is 21.5 Å². The van der Waals surface area contributed by atoms with E-state index in [2.05, 4.69) is 0 Å². The van der Waals surface area contributed by atoms with Crippen molar-refractivity contribution in [2.75, 3.05) is 6.54 Å². The third-order valence-electron chi connectivity index (χ3n) is 3.47. The van der Waals surface area contributed by atoms with Gasteiger partial charge >= 0.3 is 0 Å². The van der Waals surface area contributed by atoms with Gasteiger partial charge in [-0.15, -0.1) is 0 Å². The number of hydrogen-bond donors (Lipinski definition) is 1. The third-order valence-corrected chi connectivity index (χ3v) is 3.47. The molecule has 4 nitrogen and oxygen atoms in total. The molecular weight excluding hydrogens is 254 g/mol. The second-order valence-electron chi connectivity index (χ2n) is 4.76. The Labute approximate surface area is 115 Å². The zero-order valence-electron chi connectivity index (χ0n) is 10.7. The largest absolute Gasteiger partial charge is 0.381 e. The zero-order valence-corrected chi connectivity index (χ0v) is 10.7. The molecule has 3 aromatic carbocycles. The van der Waals surface area contributed by atoms with Crippen LogP contribution < -0.4 is 0 Å². The highest BCUT2D eigenvalue weighted by Gasteiger charge is 2.19. The highest BCUT2D eigenvalue weighted by Crippen LogP contribution is 2.32. The van der Waals surface area contributed by atoms with Crippen molar-refractivity contribution in [3.05, 3.63) is 70.3 Å². The quantitative estimate of drug-likeness (QED) is 0.450. The fourth-order valence-corrected chi connectivity index (χ4v) is 2.64. The van der Waals surface area contributed by atoms with Gasteiger partial charge in [0.2, 0.25) is 6.54 Å². The van der Waals surface area contributed by atoms with E-state index >= 15 is 0 Å². The molecule has 0 aromatic heterocycles. The maximum atomic E-state index is 10.7. The Morgan fingerprint density at radius 2 is 1.50 bits per heavy atom. The van der Waals surface area contributed by atoms with Gasteiger partial charge in [0.1, 0.15) is 6.10 Å². The Morgan fingerprint density at radius 3 is 2.00 bits per heavy atom. The lowest BCUT2D eigenvalue weighted by molar-refractivity contribution is -0.491. The topological polar surface area (TPSA) is 63.4 Å². The number of hydrogen-bond acceptors (Lipinski definition) is 3. The minimum atomic E-state index is -1.11. The van der Waals surface area contributed by atoms with Gasteiger partial charge in [0.15, 0.2) is 0 Å². The lowest BCUT2D eigenvalue weighted by atomic mass is 9.93. The number of aliphatic hydroxyl groups is 1. The van der Waals surface area contributed by atoms with Crippen LogP contribution in [0.15, 0.2) is 54.6 Å². The third kappa shape index (κ3) is 2.10. The second-order valence-corrected chi connectivity index (χ2v) is 4.76. The summed E-state index contributed by atoms with van der Waals surface area (Å²) in [6, 6.07) is 17.3. The first-order valence-electron chi connectivity index (χ1n) is 6.37. The summed E-state index contributed by atoms with van der Waals surface area (Å²) in [4.78, 5) is 10.2. The molecule has 0 aliphatic heterocycles. The number of aliphatic hydroxyl groups excluding tert-OH is 1. The first kappa shape index (κ1) is 12.6. The Hall–Kier alpha value is -2.46. The molecule has 100 valence electrons. The van der Waals surface area contributed by atoms with Gasteiger partial charge in [-0.05, 0) is 27.6 Å². The van der Waals surface area contributed by atoms with Crippen LogP contribution >= 0.6 is 0 Å². The number of nitrogens with zero attached hydrogens (tertiary/aromatic N) is 1. The van der Waals surface area contributed by atoms with Crippen LogP contribution in [0.2, 0.25) is 0 Å². The van der Waals surface area contributed by atoms with E-state index in [1.54, 1.807) is 0 Å². The smallest absolute Gasteiger partial charge is 0.233 e. The minimum Gasteiger partial charge on any atom is -0.381 e. The van der Waals surface area contributed by atoms with E-state index in [4.69, 9.17) is 0 Å².